The van der Waals surface area contributed by atoms with Crippen molar-refractivity contribution in [2.24, 2.45) is 0 Å². The topological polar surface area (TPSA) is 32.3 Å². The molecule has 1 atom stereocenters. The van der Waals surface area contributed by atoms with Gasteiger partial charge in [0.1, 0.15) is 0 Å². The highest BCUT2D eigenvalue weighted by Crippen LogP contribution is 2.48. The van der Waals surface area contributed by atoms with E-state index < -0.39 is 0 Å². The number of hydrogen-bond donors (Lipinski definition) is 1. The van der Waals surface area contributed by atoms with E-state index in [1.807, 2.05) is 30.3 Å². The zero-order valence-electron chi connectivity index (χ0n) is 14.6. The molecule has 1 saturated carbocycles. The molecular weight excluding hydrogens is 308 g/mol. The second-order valence-corrected chi connectivity index (χ2v) is 7.32. The van der Waals surface area contributed by atoms with Crippen LogP contribution >= 0.6 is 0 Å². The Hall–Kier alpha value is -2.13. The summed E-state index contributed by atoms with van der Waals surface area (Å²) in [4.78, 5) is 15.6. The highest BCUT2D eigenvalue weighted by molar-refractivity contribution is 5.91. The molecule has 1 saturated heterocycles. The Morgan fingerprint density at radius 2 is 1.76 bits per heavy atom. The van der Waals surface area contributed by atoms with Crippen molar-refractivity contribution in [2.75, 3.05) is 19.6 Å². The third-order valence-corrected chi connectivity index (χ3v) is 5.60. The van der Waals surface area contributed by atoms with E-state index in [0.717, 1.165) is 38.0 Å². The quantitative estimate of drug-likeness (QED) is 0.878. The van der Waals surface area contributed by atoms with E-state index in [2.05, 4.69) is 40.5 Å². The van der Waals surface area contributed by atoms with Crippen LogP contribution in [0.5, 0.6) is 0 Å². The lowest BCUT2D eigenvalue weighted by Gasteiger charge is -2.27. The molecule has 0 aromatic heterocycles. The van der Waals surface area contributed by atoms with Gasteiger partial charge < -0.3 is 10.2 Å². The van der Waals surface area contributed by atoms with E-state index in [4.69, 9.17) is 0 Å². The maximum atomic E-state index is 13.1. The molecule has 1 radical (unpaired) electrons. The molecule has 25 heavy (non-hydrogen) atoms. The average Bonchev–Trinajstić information content (AvgIpc) is 3.33. The van der Waals surface area contributed by atoms with Crippen molar-refractivity contribution >= 4 is 5.91 Å². The largest absolute Gasteiger partial charge is 0.347 e. The lowest BCUT2D eigenvalue weighted by Crippen LogP contribution is -2.41. The SMILES string of the molecule is O=C(N[C@H](CN1CCCC1)c1ccccc1)C1(c2cc[c]cc2)CC1. The molecule has 0 unspecified atom stereocenters. The number of carbonyl (C=O) groups is 1. The Morgan fingerprint density at radius 3 is 2.40 bits per heavy atom. The minimum atomic E-state index is -0.326. The van der Waals surface area contributed by atoms with E-state index >= 15 is 0 Å². The maximum Gasteiger partial charge on any atom is 0.231 e. The predicted octanol–water partition coefficient (Wildman–Crippen LogP) is 3.47. The van der Waals surface area contributed by atoms with Crippen LogP contribution in [0.15, 0.2) is 54.6 Å². The third-order valence-electron chi connectivity index (χ3n) is 5.60. The van der Waals surface area contributed by atoms with Gasteiger partial charge in [-0.3, -0.25) is 4.79 Å². The smallest absolute Gasteiger partial charge is 0.231 e. The van der Waals surface area contributed by atoms with Crippen molar-refractivity contribution < 1.29 is 4.79 Å². The molecule has 1 N–H and O–H groups in total. The maximum absolute atomic E-state index is 13.1. The number of amides is 1. The molecule has 129 valence electrons. The van der Waals surface area contributed by atoms with Crippen molar-refractivity contribution in [2.45, 2.75) is 37.1 Å². The number of hydrogen-bond acceptors (Lipinski definition) is 2. The van der Waals surface area contributed by atoms with Crippen LogP contribution in [-0.2, 0) is 10.2 Å². The average molecular weight is 333 g/mol. The standard InChI is InChI=1S/C22H25N2O/c25-21(22(13-14-22)19-11-5-2-6-12-19)23-20(17-24-15-7-8-16-24)18-9-3-1-4-10-18/h1,3-6,9-12,20H,7-8,13-17H2,(H,23,25)/t20-/m1/s1. The second-order valence-electron chi connectivity index (χ2n) is 7.32. The van der Waals surface area contributed by atoms with E-state index in [-0.39, 0.29) is 17.4 Å². The van der Waals surface area contributed by atoms with Gasteiger partial charge in [-0.05, 0) is 56.0 Å². The number of nitrogens with one attached hydrogen (secondary N) is 1. The van der Waals surface area contributed by atoms with Crippen LogP contribution in [0.1, 0.15) is 42.9 Å². The van der Waals surface area contributed by atoms with Crippen LogP contribution in [0, 0.1) is 6.07 Å². The van der Waals surface area contributed by atoms with E-state index in [1.54, 1.807) is 0 Å². The highest BCUT2D eigenvalue weighted by atomic mass is 16.2. The molecule has 3 nitrogen and oxygen atoms in total. The molecule has 1 aliphatic carbocycles. The van der Waals surface area contributed by atoms with Gasteiger partial charge in [0.25, 0.3) is 0 Å². The first kappa shape index (κ1) is 16.3. The summed E-state index contributed by atoms with van der Waals surface area (Å²) < 4.78 is 0. The molecule has 2 fully saturated rings. The summed E-state index contributed by atoms with van der Waals surface area (Å²) in [6.45, 7) is 3.17. The molecule has 2 aliphatic rings. The van der Waals surface area contributed by atoms with E-state index in [9.17, 15) is 4.79 Å². The predicted molar refractivity (Wildman–Crippen MR) is 99.2 cm³/mol. The third kappa shape index (κ3) is 3.47. The number of rotatable bonds is 6. The van der Waals surface area contributed by atoms with Crippen LogP contribution in [0.25, 0.3) is 0 Å². The fourth-order valence-corrected chi connectivity index (χ4v) is 3.92. The van der Waals surface area contributed by atoms with Gasteiger partial charge in [0.2, 0.25) is 5.91 Å². The fourth-order valence-electron chi connectivity index (χ4n) is 3.92. The lowest BCUT2D eigenvalue weighted by atomic mass is 9.94. The summed E-state index contributed by atoms with van der Waals surface area (Å²) in [6, 6.07) is 21.4. The van der Waals surface area contributed by atoms with Crippen molar-refractivity contribution in [3.63, 3.8) is 0 Å². The van der Waals surface area contributed by atoms with Crippen LogP contribution in [0.2, 0.25) is 0 Å². The molecule has 0 spiro atoms. The van der Waals surface area contributed by atoms with E-state index in [1.165, 1.54) is 18.4 Å². The normalized spacial score (nSPS) is 20.2. The fraction of sp³-hybridized carbons (Fsp3) is 0.409. The van der Waals surface area contributed by atoms with Crippen molar-refractivity contribution in [3.8, 4) is 0 Å². The Morgan fingerprint density at radius 1 is 1.08 bits per heavy atom. The zero-order chi connectivity index (χ0) is 17.1. The first-order valence-electron chi connectivity index (χ1n) is 9.33. The molecule has 3 heteroatoms. The first-order valence-corrected chi connectivity index (χ1v) is 9.33. The van der Waals surface area contributed by atoms with Crippen LogP contribution in [0.4, 0.5) is 0 Å². The zero-order valence-corrected chi connectivity index (χ0v) is 14.6. The molecule has 0 bridgehead atoms. The summed E-state index contributed by atoms with van der Waals surface area (Å²) in [5.74, 6) is 0.173. The summed E-state index contributed by atoms with van der Waals surface area (Å²) in [7, 11) is 0. The van der Waals surface area contributed by atoms with Crippen molar-refractivity contribution in [1.82, 2.24) is 10.2 Å². The molecule has 1 amide bonds. The van der Waals surface area contributed by atoms with Gasteiger partial charge in [-0.1, -0.05) is 54.6 Å². The van der Waals surface area contributed by atoms with Crippen LogP contribution < -0.4 is 5.32 Å². The van der Waals surface area contributed by atoms with Gasteiger partial charge in [-0.15, -0.1) is 0 Å². The van der Waals surface area contributed by atoms with Gasteiger partial charge >= 0.3 is 0 Å². The van der Waals surface area contributed by atoms with E-state index in [0.29, 0.717) is 0 Å². The number of carbonyl (C=O) groups excluding carboxylic acids is 1. The number of benzene rings is 2. The second kappa shape index (κ2) is 7.01. The molecular formula is C22H25N2O. The van der Waals surface area contributed by atoms with Gasteiger partial charge in [0.15, 0.2) is 0 Å². The molecule has 2 aromatic carbocycles. The molecule has 2 aromatic rings. The van der Waals surface area contributed by atoms with Crippen LogP contribution in [0.3, 0.4) is 0 Å². The highest BCUT2D eigenvalue weighted by Gasteiger charge is 2.51. The number of nitrogens with zero attached hydrogens (tertiary/aromatic N) is 1. The molecule has 1 aliphatic heterocycles. The van der Waals surface area contributed by atoms with Gasteiger partial charge in [0, 0.05) is 6.54 Å². The van der Waals surface area contributed by atoms with Gasteiger partial charge in [-0.25, -0.2) is 0 Å². The summed E-state index contributed by atoms with van der Waals surface area (Å²) >= 11 is 0. The minimum absolute atomic E-state index is 0.0551. The first-order chi connectivity index (χ1) is 12.3. The van der Waals surface area contributed by atoms with Gasteiger partial charge in [0.05, 0.1) is 11.5 Å². The van der Waals surface area contributed by atoms with Gasteiger partial charge in [-0.2, -0.15) is 0 Å². The lowest BCUT2D eigenvalue weighted by molar-refractivity contribution is -0.124. The molecule has 1 heterocycles. The number of likely N-dealkylation sites (tertiary alicyclic amines) is 1. The Labute approximate surface area is 150 Å². The summed E-state index contributed by atoms with van der Waals surface area (Å²) in [5, 5.41) is 3.37. The Kier molecular flexibility index (Phi) is 4.58. The Balaban J connectivity index is 1.53. The summed E-state index contributed by atoms with van der Waals surface area (Å²) in [5.41, 5.74) is 1.99. The molecule has 4 rings (SSSR count). The minimum Gasteiger partial charge on any atom is -0.347 e. The summed E-state index contributed by atoms with van der Waals surface area (Å²) in [6.07, 6.45) is 4.40. The van der Waals surface area contributed by atoms with Crippen molar-refractivity contribution in [1.29, 1.82) is 0 Å². The van der Waals surface area contributed by atoms with Crippen molar-refractivity contribution in [3.05, 3.63) is 71.8 Å². The Bertz CT molecular complexity index is 703. The van der Waals surface area contributed by atoms with Crippen LogP contribution in [-0.4, -0.2) is 30.4 Å². The monoisotopic (exact) mass is 333 g/mol.